The van der Waals surface area contributed by atoms with Crippen LogP contribution >= 0.6 is 11.3 Å². The van der Waals surface area contributed by atoms with Gasteiger partial charge < -0.3 is 10.3 Å². The van der Waals surface area contributed by atoms with Crippen molar-refractivity contribution >= 4 is 33.1 Å². The molecule has 0 spiro atoms. The normalized spacial score (nSPS) is 13.6. The SMILES string of the molecule is O=C(CCc1nc2sc3c(c2c(=O)[nH]1)CCCC3)Nc1ccccc1F. The van der Waals surface area contributed by atoms with Crippen molar-refractivity contribution in [3.05, 3.63) is 56.7 Å². The van der Waals surface area contributed by atoms with Crippen molar-refractivity contribution in [2.75, 3.05) is 5.32 Å². The van der Waals surface area contributed by atoms with Crippen molar-refractivity contribution < 1.29 is 9.18 Å². The Bertz CT molecular complexity index is 1040. The average molecular weight is 371 g/mol. The van der Waals surface area contributed by atoms with Crippen LogP contribution in [0.1, 0.15) is 35.5 Å². The van der Waals surface area contributed by atoms with E-state index in [4.69, 9.17) is 0 Å². The van der Waals surface area contributed by atoms with Crippen molar-refractivity contribution in [3.63, 3.8) is 0 Å². The van der Waals surface area contributed by atoms with Crippen molar-refractivity contribution in [3.8, 4) is 0 Å². The lowest BCUT2D eigenvalue weighted by atomic mass is 9.97. The van der Waals surface area contributed by atoms with E-state index in [1.165, 1.54) is 17.0 Å². The highest BCUT2D eigenvalue weighted by atomic mass is 32.1. The van der Waals surface area contributed by atoms with E-state index in [1.807, 2.05) is 0 Å². The number of nitrogens with zero attached hydrogens (tertiary/aromatic N) is 1. The Morgan fingerprint density at radius 2 is 2.08 bits per heavy atom. The molecule has 0 atom stereocenters. The van der Waals surface area contributed by atoms with Gasteiger partial charge in [0.2, 0.25) is 5.91 Å². The quantitative estimate of drug-likeness (QED) is 0.736. The smallest absolute Gasteiger partial charge is 0.259 e. The van der Waals surface area contributed by atoms with Gasteiger partial charge in [0.05, 0.1) is 11.1 Å². The van der Waals surface area contributed by atoms with E-state index in [1.54, 1.807) is 23.5 Å². The fourth-order valence-corrected chi connectivity index (χ4v) is 4.61. The molecule has 0 saturated heterocycles. The summed E-state index contributed by atoms with van der Waals surface area (Å²) in [6.07, 6.45) is 4.62. The molecule has 0 bridgehead atoms. The minimum absolute atomic E-state index is 0.119. The van der Waals surface area contributed by atoms with Crippen molar-refractivity contribution in [2.24, 2.45) is 0 Å². The number of amides is 1. The second-order valence-electron chi connectivity index (χ2n) is 6.43. The molecule has 5 nitrogen and oxygen atoms in total. The fourth-order valence-electron chi connectivity index (χ4n) is 3.33. The summed E-state index contributed by atoms with van der Waals surface area (Å²) in [5, 5.41) is 3.25. The molecular formula is C19H18FN3O2S. The summed E-state index contributed by atoms with van der Waals surface area (Å²) in [5.74, 6) is -0.300. The van der Waals surface area contributed by atoms with E-state index in [0.29, 0.717) is 17.6 Å². The second kappa shape index (κ2) is 6.99. The van der Waals surface area contributed by atoms with Gasteiger partial charge in [-0.15, -0.1) is 11.3 Å². The number of para-hydroxylation sites is 1. The molecule has 1 aliphatic rings. The van der Waals surface area contributed by atoms with E-state index in [0.717, 1.165) is 36.1 Å². The predicted molar refractivity (Wildman–Crippen MR) is 100 cm³/mol. The van der Waals surface area contributed by atoms with Gasteiger partial charge in [0.15, 0.2) is 0 Å². The summed E-state index contributed by atoms with van der Waals surface area (Å²) in [6.45, 7) is 0. The van der Waals surface area contributed by atoms with Crippen LogP contribution in [0.25, 0.3) is 10.2 Å². The summed E-state index contributed by atoms with van der Waals surface area (Å²) in [6, 6.07) is 6.02. The molecule has 134 valence electrons. The maximum atomic E-state index is 13.6. The number of thiophene rings is 1. The van der Waals surface area contributed by atoms with Gasteiger partial charge in [-0.1, -0.05) is 12.1 Å². The third-order valence-corrected chi connectivity index (χ3v) is 5.80. The second-order valence-corrected chi connectivity index (χ2v) is 7.52. The van der Waals surface area contributed by atoms with Gasteiger partial charge >= 0.3 is 0 Å². The molecule has 0 unspecified atom stereocenters. The molecule has 1 aliphatic carbocycles. The number of anilines is 1. The van der Waals surface area contributed by atoms with Crippen molar-refractivity contribution in [1.29, 1.82) is 0 Å². The molecule has 1 aromatic carbocycles. The first-order valence-corrected chi connectivity index (χ1v) is 9.51. The number of carbonyl (C=O) groups is 1. The lowest BCUT2D eigenvalue weighted by Crippen LogP contribution is -2.17. The predicted octanol–water partition coefficient (Wildman–Crippen LogP) is 3.57. The maximum absolute atomic E-state index is 13.6. The Kier molecular flexibility index (Phi) is 4.55. The Hall–Kier alpha value is -2.54. The molecule has 0 fully saturated rings. The topological polar surface area (TPSA) is 74.8 Å². The molecule has 2 N–H and O–H groups in total. The average Bonchev–Trinajstić information content (AvgIpc) is 3.01. The first-order valence-electron chi connectivity index (χ1n) is 8.69. The molecular weight excluding hydrogens is 353 g/mol. The number of aromatic nitrogens is 2. The maximum Gasteiger partial charge on any atom is 0.259 e. The Balaban J connectivity index is 1.50. The van der Waals surface area contributed by atoms with E-state index in [-0.39, 0.29) is 23.6 Å². The molecule has 26 heavy (non-hydrogen) atoms. The van der Waals surface area contributed by atoms with Gasteiger partial charge in [0, 0.05) is 17.7 Å². The van der Waals surface area contributed by atoms with Crippen LogP contribution < -0.4 is 10.9 Å². The summed E-state index contributed by atoms with van der Waals surface area (Å²) >= 11 is 1.59. The van der Waals surface area contributed by atoms with E-state index in [2.05, 4.69) is 15.3 Å². The molecule has 2 heterocycles. The highest BCUT2D eigenvalue weighted by molar-refractivity contribution is 7.18. The number of H-pyrrole nitrogens is 1. The largest absolute Gasteiger partial charge is 0.324 e. The van der Waals surface area contributed by atoms with Gasteiger partial charge in [0.25, 0.3) is 5.56 Å². The van der Waals surface area contributed by atoms with E-state index < -0.39 is 5.82 Å². The lowest BCUT2D eigenvalue weighted by molar-refractivity contribution is -0.116. The van der Waals surface area contributed by atoms with E-state index >= 15 is 0 Å². The Labute approximate surface area is 153 Å². The van der Waals surface area contributed by atoms with Gasteiger partial charge in [-0.25, -0.2) is 9.37 Å². The molecule has 4 rings (SSSR count). The van der Waals surface area contributed by atoms with Crippen LogP contribution in [0.3, 0.4) is 0 Å². The van der Waals surface area contributed by atoms with Crippen LogP contribution in [-0.2, 0) is 24.1 Å². The molecule has 0 saturated carbocycles. The number of rotatable bonds is 4. The summed E-state index contributed by atoms with van der Waals surface area (Å²) in [4.78, 5) is 33.9. The number of aryl methyl sites for hydroxylation is 3. The zero-order chi connectivity index (χ0) is 18.1. The molecule has 1 amide bonds. The minimum Gasteiger partial charge on any atom is -0.324 e. The van der Waals surface area contributed by atoms with Crippen molar-refractivity contribution in [2.45, 2.75) is 38.5 Å². The molecule has 0 aliphatic heterocycles. The molecule has 7 heteroatoms. The van der Waals surface area contributed by atoms with Gasteiger partial charge in [-0.2, -0.15) is 0 Å². The number of hydrogen-bond donors (Lipinski definition) is 2. The number of benzene rings is 1. The van der Waals surface area contributed by atoms with Crippen LogP contribution in [0.5, 0.6) is 0 Å². The van der Waals surface area contributed by atoms with Crippen LogP contribution in [0.4, 0.5) is 10.1 Å². The monoisotopic (exact) mass is 371 g/mol. The van der Waals surface area contributed by atoms with E-state index in [9.17, 15) is 14.0 Å². The lowest BCUT2D eigenvalue weighted by Gasteiger charge is -2.09. The van der Waals surface area contributed by atoms with Crippen molar-refractivity contribution in [1.82, 2.24) is 9.97 Å². The number of halogens is 1. The number of carbonyl (C=O) groups excluding carboxylic acids is 1. The van der Waals surface area contributed by atoms with Gasteiger partial charge in [-0.05, 0) is 43.4 Å². The Morgan fingerprint density at radius 1 is 1.27 bits per heavy atom. The Morgan fingerprint density at radius 3 is 2.92 bits per heavy atom. The van der Waals surface area contributed by atoms with Gasteiger partial charge in [-0.3, -0.25) is 9.59 Å². The van der Waals surface area contributed by atoms with Crippen LogP contribution in [-0.4, -0.2) is 15.9 Å². The standard InChI is InChI=1S/C19H18FN3O2S/c20-12-6-2-3-7-13(12)21-16(24)10-9-15-22-18(25)17-11-5-1-4-8-14(11)26-19(17)23-15/h2-3,6-7H,1,4-5,8-10H2,(H,21,24)(H,22,23,25). The molecule has 0 radical (unpaired) electrons. The van der Waals surface area contributed by atoms with Crippen LogP contribution in [0.15, 0.2) is 29.1 Å². The zero-order valence-corrected chi connectivity index (χ0v) is 14.9. The minimum atomic E-state index is -0.474. The number of aromatic amines is 1. The van der Waals surface area contributed by atoms with Crippen LogP contribution in [0.2, 0.25) is 0 Å². The summed E-state index contributed by atoms with van der Waals surface area (Å²) < 4.78 is 13.6. The highest BCUT2D eigenvalue weighted by Crippen LogP contribution is 2.33. The zero-order valence-electron chi connectivity index (χ0n) is 14.1. The third kappa shape index (κ3) is 3.26. The fraction of sp³-hybridized carbons (Fsp3) is 0.316. The third-order valence-electron chi connectivity index (χ3n) is 4.61. The number of hydrogen-bond acceptors (Lipinski definition) is 4. The number of nitrogens with one attached hydrogen (secondary N) is 2. The molecule has 2 aromatic heterocycles. The van der Waals surface area contributed by atoms with Crippen LogP contribution in [0, 0.1) is 5.82 Å². The highest BCUT2D eigenvalue weighted by Gasteiger charge is 2.20. The summed E-state index contributed by atoms with van der Waals surface area (Å²) in [7, 11) is 0. The number of fused-ring (bicyclic) bond motifs is 3. The van der Waals surface area contributed by atoms with Gasteiger partial charge in [0.1, 0.15) is 16.5 Å². The first kappa shape index (κ1) is 16.9. The molecule has 3 aromatic rings. The summed E-state index contributed by atoms with van der Waals surface area (Å²) in [5.41, 5.74) is 1.17. The first-order chi connectivity index (χ1) is 12.6.